The van der Waals surface area contributed by atoms with Gasteiger partial charge in [-0.15, -0.1) is 0 Å². The molecule has 1 aromatic carbocycles. The van der Waals surface area contributed by atoms with Crippen molar-refractivity contribution in [3.63, 3.8) is 0 Å². The first kappa shape index (κ1) is 12.4. The van der Waals surface area contributed by atoms with Gasteiger partial charge in [-0.2, -0.15) is 0 Å². The van der Waals surface area contributed by atoms with Gasteiger partial charge >= 0.3 is 0 Å². The highest BCUT2D eigenvalue weighted by molar-refractivity contribution is 5.33. The van der Waals surface area contributed by atoms with Crippen LogP contribution < -0.4 is 10.1 Å². The van der Waals surface area contributed by atoms with Crippen LogP contribution in [0.3, 0.4) is 0 Å². The highest BCUT2D eigenvalue weighted by atomic mass is 16.5. The Labute approximate surface area is 104 Å². The predicted octanol–water partition coefficient (Wildman–Crippen LogP) is 3.02. The van der Waals surface area contributed by atoms with Gasteiger partial charge in [-0.05, 0) is 49.8 Å². The molecule has 2 nitrogen and oxygen atoms in total. The largest absolute Gasteiger partial charge is 0.496 e. The smallest absolute Gasteiger partial charge is 0.122 e. The summed E-state index contributed by atoms with van der Waals surface area (Å²) in [5, 5.41) is 3.66. The van der Waals surface area contributed by atoms with Crippen molar-refractivity contribution in [2.75, 3.05) is 13.7 Å². The van der Waals surface area contributed by atoms with Gasteiger partial charge in [-0.1, -0.05) is 25.1 Å². The number of hydrogen-bond donors (Lipinski definition) is 1. The van der Waals surface area contributed by atoms with Crippen LogP contribution >= 0.6 is 0 Å². The van der Waals surface area contributed by atoms with E-state index in [4.69, 9.17) is 4.74 Å². The van der Waals surface area contributed by atoms with Crippen LogP contribution in [-0.4, -0.2) is 19.7 Å². The molecule has 0 spiro atoms. The number of nitrogens with one attached hydrogen (secondary N) is 1. The zero-order valence-corrected chi connectivity index (χ0v) is 10.9. The molecule has 1 heterocycles. The second kappa shape index (κ2) is 6.06. The second-order valence-corrected chi connectivity index (χ2v) is 5.15. The summed E-state index contributed by atoms with van der Waals surface area (Å²) in [5.74, 6) is 1.86. The van der Waals surface area contributed by atoms with Gasteiger partial charge in [0.1, 0.15) is 5.75 Å². The normalized spacial score (nSPS) is 25.3. The van der Waals surface area contributed by atoms with Gasteiger partial charge in [0.2, 0.25) is 0 Å². The van der Waals surface area contributed by atoms with E-state index in [-0.39, 0.29) is 0 Å². The van der Waals surface area contributed by atoms with Crippen molar-refractivity contribution in [1.29, 1.82) is 0 Å². The maximum atomic E-state index is 5.42. The summed E-state index contributed by atoms with van der Waals surface area (Å²) >= 11 is 0. The molecule has 0 saturated carbocycles. The Balaban J connectivity index is 2.03. The molecule has 0 aromatic heterocycles. The number of methoxy groups -OCH3 is 1. The van der Waals surface area contributed by atoms with E-state index < -0.39 is 0 Å². The lowest BCUT2D eigenvalue weighted by atomic mass is 9.95. The van der Waals surface area contributed by atoms with Crippen molar-refractivity contribution in [2.24, 2.45) is 5.92 Å². The van der Waals surface area contributed by atoms with Gasteiger partial charge in [-0.25, -0.2) is 0 Å². The van der Waals surface area contributed by atoms with E-state index in [9.17, 15) is 0 Å². The van der Waals surface area contributed by atoms with Crippen molar-refractivity contribution in [1.82, 2.24) is 5.32 Å². The van der Waals surface area contributed by atoms with E-state index in [1.54, 1.807) is 7.11 Å². The summed E-state index contributed by atoms with van der Waals surface area (Å²) in [6.45, 7) is 3.52. The predicted molar refractivity (Wildman–Crippen MR) is 71.5 cm³/mol. The number of hydrogen-bond acceptors (Lipinski definition) is 2. The highest BCUT2D eigenvalue weighted by Gasteiger charge is 2.18. The quantitative estimate of drug-likeness (QED) is 0.866. The third-order valence-corrected chi connectivity index (χ3v) is 3.65. The van der Waals surface area contributed by atoms with Gasteiger partial charge < -0.3 is 10.1 Å². The fraction of sp³-hybridized carbons (Fsp3) is 0.600. The minimum absolute atomic E-state index is 0.601. The molecule has 2 rings (SSSR count). The molecular formula is C15H23NO. The Hall–Kier alpha value is -1.02. The van der Waals surface area contributed by atoms with Gasteiger partial charge in [0.15, 0.2) is 0 Å². The molecule has 0 radical (unpaired) electrons. The average molecular weight is 233 g/mol. The third kappa shape index (κ3) is 3.47. The molecule has 1 fully saturated rings. The number of benzene rings is 1. The van der Waals surface area contributed by atoms with Crippen LogP contribution in [0.2, 0.25) is 0 Å². The van der Waals surface area contributed by atoms with Crippen LogP contribution in [0.5, 0.6) is 5.75 Å². The highest BCUT2D eigenvalue weighted by Crippen LogP contribution is 2.23. The first-order valence-electron chi connectivity index (χ1n) is 6.65. The Morgan fingerprint density at radius 3 is 3.00 bits per heavy atom. The lowest BCUT2D eigenvalue weighted by Crippen LogP contribution is -2.31. The summed E-state index contributed by atoms with van der Waals surface area (Å²) in [7, 11) is 1.75. The van der Waals surface area contributed by atoms with Gasteiger partial charge in [-0.3, -0.25) is 0 Å². The van der Waals surface area contributed by atoms with Crippen molar-refractivity contribution in [3.8, 4) is 5.75 Å². The Morgan fingerprint density at radius 2 is 2.18 bits per heavy atom. The van der Waals surface area contributed by atoms with Gasteiger partial charge in [0.05, 0.1) is 7.11 Å². The molecule has 2 atom stereocenters. The zero-order chi connectivity index (χ0) is 12.1. The third-order valence-electron chi connectivity index (χ3n) is 3.65. The van der Waals surface area contributed by atoms with E-state index in [1.165, 1.54) is 24.8 Å². The molecule has 1 aliphatic heterocycles. The molecule has 0 aliphatic carbocycles. The summed E-state index contributed by atoms with van der Waals surface area (Å²) in [6.07, 6.45) is 5.02. The van der Waals surface area contributed by atoms with Crippen molar-refractivity contribution < 1.29 is 4.74 Å². The summed E-state index contributed by atoms with van der Waals surface area (Å²) in [4.78, 5) is 0. The van der Waals surface area contributed by atoms with Crippen molar-refractivity contribution >= 4 is 0 Å². The maximum absolute atomic E-state index is 5.42. The number of para-hydroxylation sites is 1. The first-order valence-corrected chi connectivity index (χ1v) is 6.65. The second-order valence-electron chi connectivity index (χ2n) is 5.15. The number of rotatable bonds is 3. The topological polar surface area (TPSA) is 21.3 Å². The fourth-order valence-electron chi connectivity index (χ4n) is 2.74. The summed E-state index contributed by atoms with van der Waals surface area (Å²) in [6, 6.07) is 8.96. The van der Waals surface area contributed by atoms with Crippen LogP contribution in [-0.2, 0) is 6.42 Å². The number of ether oxygens (including phenoxy) is 1. The molecular weight excluding hydrogens is 210 g/mol. The monoisotopic (exact) mass is 233 g/mol. The summed E-state index contributed by atoms with van der Waals surface area (Å²) < 4.78 is 5.42. The molecule has 2 heteroatoms. The molecule has 1 aliphatic rings. The van der Waals surface area contributed by atoms with Gasteiger partial charge in [0, 0.05) is 6.04 Å². The molecule has 2 unspecified atom stereocenters. The van der Waals surface area contributed by atoms with Crippen LogP contribution in [0.1, 0.15) is 31.7 Å². The maximum Gasteiger partial charge on any atom is 0.122 e. The minimum atomic E-state index is 0.601. The molecule has 1 N–H and O–H groups in total. The van der Waals surface area contributed by atoms with Crippen molar-refractivity contribution in [2.45, 2.75) is 38.6 Å². The molecule has 0 amide bonds. The van der Waals surface area contributed by atoms with E-state index in [1.807, 2.05) is 6.07 Å². The first-order chi connectivity index (χ1) is 8.29. The van der Waals surface area contributed by atoms with Crippen molar-refractivity contribution in [3.05, 3.63) is 29.8 Å². The lowest BCUT2D eigenvalue weighted by Gasteiger charge is -2.19. The molecule has 17 heavy (non-hydrogen) atoms. The van der Waals surface area contributed by atoms with Crippen LogP contribution in [0.15, 0.2) is 24.3 Å². The molecule has 94 valence electrons. The van der Waals surface area contributed by atoms with Crippen LogP contribution in [0, 0.1) is 5.92 Å². The zero-order valence-electron chi connectivity index (χ0n) is 10.9. The minimum Gasteiger partial charge on any atom is -0.496 e. The Kier molecular flexibility index (Phi) is 4.43. The Bertz CT molecular complexity index is 351. The molecule has 0 bridgehead atoms. The SMILES string of the molecule is COc1ccccc1CC1CC(C)CCCN1. The van der Waals surface area contributed by atoms with E-state index in [2.05, 4.69) is 30.4 Å². The summed E-state index contributed by atoms with van der Waals surface area (Å²) in [5.41, 5.74) is 1.32. The van der Waals surface area contributed by atoms with E-state index in [0.29, 0.717) is 6.04 Å². The Morgan fingerprint density at radius 1 is 1.35 bits per heavy atom. The molecule has 1 saturated heterocycles. The average Bonchev–Trinajstić information content (AvgIpc) is 2.54. The fourth-order valence-corrected chi connectivity index (χ4v) is 2.74. The van der Waals surface area contributed by atoms with E-state index >= 15 is 0 Å². The molecule has 1 aromatic rings. The van der Waals surface area contributed by atoms with E-state index in [0.717, 1.165) is 24.6 Å². The van der Waals surface area contributed by atoms with Crippen LogP contribution in [0.25, 0.3) is 0 Å². The lowest BCUT2D eigenvalue weighted by molar-refractivity contribution is 0.397. The standard InChI is InChI=1S/C15H23NO/c1-12-6-5-9-16-14(10-12)11-13-7-3-4-8-15(13)17-2/h3-4,7-8,12,14,16H,5-6,9-11H2,1-2H3. The van der Waals surface area contributed by atoms with Crippen LogP contribution in [0.4, 0.5) is 0 Å². The van der Waals surface area contributed by atoms with Gasteiger partial charge in [0.25, 0.3) is 0 Å².